The maximum absolute atomic E-state index is 12.7. The molecular weight excluding hydrogens is 308 g/mol. The first-order valence-corrected chi connectivity index (χ1v) is 8.64. The molecule has 1 aromatic rings. The highest BCUT2D eigenvalue weighted by Crippen LogP contribution is 2.26. The van der Waals surface area contributed by atoms with Crippen LogP contribution in [0.1, 0.15) is 31.7 Å². The van der Waals surface area contributed by atoms with E-state index in [4.69, 9.17) is 0 Å². The monoisotopic (exact) mass is 332 g/mol. The Labute approximate surface area is 134 Å². The van der Waals surface area contributed by atoms with Gasteiger partial charge in [0.1, 0.15) is 0 Å². The van der Waals surface area contributed by atoms with Crippen molar-refractivity contribution in [2.24, 2.45) is 5.92 Å². The minimum absolute atomic E-state index is 0. The van der Waals surface area contributed by atoms with Crippen molar-refractivity contribution >= 4 is 22.4 Å². The van der Waals surface area contributed by atoms with E-state index in [-0.39, 0.29) is 12.4 Å². The summed E-state index contributed by atoms with van der Waals surface area (Å²) in [6.07, 6.45) is 0.934. The van der Waals surface area contributed by atoms with Crippen molar-refractivity contribution in [3.05, 3.63) is 29.8 Å². The van der Waals surface area contributed by atoms with Crippen LogP contribution in [0, 0.1) is 5.92 Å². The van der Waals surface area contributed by atoms with E-state index in [1.807, 2.05) is 25.2 Å². The van der Waals surface area contributed by atoms with Crippen LogP contribution >= 0.6 is 12.4 Å². The molecule has 1 atom stereocenters. The van der Waals surface area contributed by atoms with Gasteiger partial charge < -0.3 is 5.32 Å². The number of halogens is 1. The Hall–Kier alpha value is -0.620. The van der Waals surface area contributed by atoms with E-state index < -0.39 is 10.0 Å². The van der Waals surface area contributed by atoms with Gasteiger partial charge in [-0.05, 0) is 49.5 Å². The summed E-state index contributed by atoms with van der Waals surface area (Å²) >= 11 is 0. The quantitative estimate of drug-likeness (QED) is 0.901. The van der Waals surface area contributed by atoms with Gasteiger partial charge in [-0.1, -0.05) is 26.0 Å². The topological polar surface area (TPSA) is 49.4 Å². The molecule has 0 radical (unpaired) electrons. The molecule has 0 saturated carbocycles. The van der Waals surface area contributed by atoms with Crippen LogP contribution in [0.4, 0.5) is 0 Å². The van der Waals surface area contributed by atoms with Crippen molar-refractivity contribution in [2.45, 2.75) is 31.1 Å². The predicted octanol–water partition coefficient (Wildman–Crippen LogP) is 2.46. The van der Waals surface area contributed by atoms with Crippen molar-refractivity contribution < 1.29 is 8.42 Å². The van der Waals surface area contributed by atoms with Gasteiger partial charge >= 0.3 is 0 Å². The first-order chi connectivity index (χ1) is 9.45. The fourth-order valence-corrected chi connectivity index (χ4v) is 4.24. The lowest BCUT2D eigenvalue weighted by atomic mass is 10.0. The molecule has 120 valence electrons. The first kappa shape index (κ1) is 18.4. The molecule has 1 unspecified atom stereocenters. The SMILES string of the molecule is CNCC1CCN(S(=O)(=O)c2cccc(C(C)C)c2)C1.Cl. The minimum atomic E-state index is -3.34. The van der Waals surface area contributed by atoms with Gasteiger partial charge in [0.05, 0.1) is 4.90 Å². The molecule has 0 aliphatic carbocycles. The number of nitrogens with one attached hydrogen (secondary N) is 1. The van der Waals surface area contributed by atoms with Gasteiger partial charge in [0, 0.05) is 13.1 Å². The van der Waals surface area contributed by atoms with E-state index in [1.165, 1.54) is 0 Å². The van der Waals surface area contributed by atoms with E-state index in [0.717, 1.165) is 18.5 Å². The van der Waals surface area contributed by atoms with Crippen LogP contribution in [0.5, 0.6) is 0 Å². The normalized spacial score (nSPS) is 19.7. The second-order valence-electron chi connectivity index (χ2n) is 5.80. The Morgan fingerprint density at radius 2 is 2.10 bits per heavy atom. The molecule has 0 aromatic heterocycles. The Bertz CT molecular complexity index is 561. The zero-order valence-corrected chi connectivity index (χ0v) is 14.5. The first-order valence-electron chi connectivity index (χ1n) is 7.20. The summed E-state index contributed by atoms with van der Waals surface area (Å²) in [4.78, 5) is 0.425. The largest absolute Gasteiger partial charge is 0.319 e. The highest BCUT2D eigenvalue weighted by atomic mass is 35.5. The Balaban J connectivity index is 0.00000220. The molecule has 6 heteroatoms. The lowest BCUT2D eigenvalue weighted by molar-refractivity contribution is 0.451. The van der Waals surface area contributed by atoms with Gasteiger partial charge in [-0.3, -0.25) is 0 Å². The molecular formula is C15H25ClN2O2S. The van der Waals surface area contributed by atoms with Crippen molar-refractivity contribution in [3.8, 4) is 0 Å². The molecule has 1 saturated heterocycles. The molecule has 1 fully saturated rings. The van der Waals surface area contributed by atoms with Crippen molar-refractivity contribution in [3.63, 3.8) is 0 Å². The molecule has 1 aliphatic heterocycles. The summed E-state index contributed by atoms with van der Waals surface area (Å²) in [5.41, 5.74) is 1.07. The van der Waals surface area contributed by atoms with E-state index in [1.54, 1.807) is 10.4 Å². The zero-order valence-electron chi connectivity index (χ0n) is 12.9. The number of hydrogen-bond acceptors (Lipinski definition) is 3. The molecule has 2 rings (SSSR count). The molecule has 0 amide bonds. The standard InChI is InChI=1S/C15H24N2O2S.ClH/c1-12(2)14-5-4-6-15(9-14)20(18,19)17-8-7-13(11-17)10-16-3;/h4-6,9,12-13,16H,7-8,10-11H2,1-3H3;1H. The van der Waals surface area contributed by atoms with Crippen LogP contribution in [0.3, 0.4) is 0 Å². The maximum Gasteiger partial charge on any atom is 0.243 e. The lowest BCUT2D eigenvalue weighted by Crippen LogP contribution is -2.30. The molecule has 1 aliphatic rings. The van der Waals surface area contributed by atoms with Crippen LogP contribution in [0.2, 0.25) is 0 Å². The van der Waals surface area contributed by atoms with E-state index in [2.05, 4.69) is 19.2 Å². The van der Waals surface area contributed by atoms with Gasteiger partial charge in [0.2, 0.25) is 10.0 Å². The highest BCUT2D eigenvalue weighted by Gasteiger charge is 2.32. The summed E-state index contributed by atoms with van der Waals surface area (Å²) in [5.74, 6) is 0.754. The summed E-state index contributed by atoms with van der Waals surface area (Å²) in [7, 11) is -1.43. The molecule has 0 spiro atoms. The van der Waals surface area contributed by atoms with E-state index in [9.17, 15) is 8.42 Å². The average Bonchev–Trinajstić information content (AvgIpc) is 2.88. The third kappa shape index (κ3) is 4.19. The second-order valence-corrected chi connectivity index (χ2v) is 7.74. The Kier molecular flexibility index (Phi) is 6.66. The van der Waals surface area contributed by atoms with E-state index >= 15 is 0 Å². The maximum atomic E-state index is 12.7. The van der Waals surface area contributed by atoms with Crippen LogP contribution in [-0.4, -0.2) is 39.4 Å². The Morgan fingerprint density at radius 3 is 2.71 bits per heavy atom. The molecule has 1 N–H and O–H groups in total. The Morgan fingerprint density at radius 1 is 1.38 bits per heavy atom. The molecule has 0 bridgehead atoms. The summed E-state index contributed by atoms with van der Waals surface area (Å²) in [6, 6.07) is 7.33. The number of sulfonamides is 1. The van der Waals surface area contributed by atoms with Crippen molar-refractivity contribution in [2.75, 3.05) is 26.7 Å². The average molecular weight is 333 g/mol. The second kappa shape index (κ2) is 7.58. The van der Waals surface area contributed by atoms with Crippen LogP contribution in [-0.2, 0) is 10.0 Å². The van der Waals surface area contributed by atoms with Gasteiger partial charge in [-0.2, -0.15) is 4.31 Å². The summed E-state index contributed by atoms with van der Waals surface area (Å²) in [6.45, 7) is 6.27. The fourth-order valence-electron chi connectivity index (χ4n) is 2.65. The third-order valence-corrected chi connectivity index (χ3v) is 5.77. The van der Waals surface area contributed by atoms with Gasteiger partial charge in [0.15, 0.2) is 0 Å². The summed E-state index contributed by atoms with van der Waals surface area (Å²) < 4.78 is 26.9. The highest BCUT2D eigenvalue weighted by molar-refractivity contribution is 7.89. The molecule has 4 nitrogen and oxygen atoms in total. The van der Waals surface area contributed by atoms with Gasteiger partial charge in [-0.15, -0.1) is 12.4 Å². The number of hydrogen-bond donors (Lipinski definition) is 1. The van der Waals surface area contributed by atoms with Crippen LogP contribution < -0.4 is 5.32 Å². The number of rotatable bonds is 5. The molecule has 1 aromatic carbocycles. The molecule has 21 heavy (non-hydrogen) atoms. The summed E-state index contributed by atoms with van der Waals surface area (Å²) in [5, 5.41) is 3.12. The number of nitrogens with zero attached hydrogens (tertiary/aromatic N) is 1. The fraction of sp³-hybridized carbons (Fsp3) is 0.600. The third-order valence-electron chi connectivity index (χ3n) is 3.90. The van der Waals surface area contributed by atoms with E-state index in [0.29, 0.717) is 29.8 Å². The van der Waals surface area contributed by atoms with Gasteiger partial charge in [0.25, 0.3) is 0 Å². The lowest BCUT2D eigenvalue weighted by Gasteiger charge is -2.17. The van der Waals surface area contributed by atoms with Crippen molar-refractivity contribution in [1.29, 1.82) is 0 Å². The van der Waals surface area contributed by atoms with Gasteiger partial charge in [-0.25, -0.2) is 8.42 Å². The number of benzene rings is 1. The predicted molar refractivity (Wildman–Crippen MR) is 88.6 cm³/mol. The van der Waals surface area contributed by atoms with Crippen LogP contribution in [0.25, 0.3) is 0 Å². The van der Waals surface area contributed by atoms with Crippen molar-refractivity contribution in [1.82, 2.24) is 9.62 Å². The van der Waals surface area contributed by atoms with Crippen LogP contribution in [0.15, 0.2) is 29.2 Å². The zero-order chi connectivity index (χ0) is 14.8. The molecule has 1 heterocycles. The smallest absolute Gasteiger partial charge is 0.243 e. The minimum Gasteiger partial charge on any atom is -0.319 e.